The Morgan fingerprint density at radius 2 is 1.17 bits per heavy atom. The number of hydrogen-bond acceptors (Lipinski definition) is 4. The van der Waals surface area contributed by atoms with Gasteiger partial charge in [0.15, 0.2) is 5.75 Å². The van der Waals surface area contributed by atoms with E-state index >= 15 is 0 Å². The maximum absolute atomic E-state index is 13.8. The van der Waals surface area contributed by atoms with Crippen molar-refractivity contribution in [2.75, 3.05) is 21.3 Å². The van der Waals surface area contributed by atoms with Gasteiger partial charge in [-0.05, 0) is 42.0 Å². The Labute approximate surface area is 199 Å². The summed E-state index contributed by atoms with van der Waals surface area (Å²) in [6.07, 6.45) is 0. The van der Waals surface area contributed by atoms with Crippen molar-refractivity contribution >= 4 is 10.2 Å². The van der Waals surface area contributed by atoms with Gasteiger partial charge in [-0.2, -0.15) is 0 Å². The van der Waals surface area contributed by atoms with Gasteiger partial charge >= 0.3 is 10.2 Å². The van der Waals surface area contributed by atoms with Crippen molar-refractivity contribution in [2.45, 2.75) is 11.6 Å². The van der Waals surface area contributed by atoms with Gasteiger partial charge in [0, 0.05) is 16.7 Å². The van der Waals surface area contributed by atoms with Crippen LogP contribution in [0.15, 0.2) is 53.4 Å². The second-order valence-corrected chi connectivity index (χ2v) is 9.39. The van der Waals surface area contributed by atoms with Gasteiger partial charge in [0.1, 0.15) is 40.5 Å². The highest BCUT2D eigenvalue weighted by molar-refractivity contribution is 8.45. The molecule has 4 nitrogen and oxygen atoms in total. The molecule has 200 valence electrons. The first-order valence-corrected chi connectivity index (χ1v) is 11.5. The maximum Gasteiger partial charge on any atom is 0.310 e. The van der Waals surface area contributed by atoms with Gasteiger partial charge in [0.05, 0.1) is 32.5 Å². The number of rotatable bonds is 7. The second-order valence-electron chi connectivity index (χ2n) is 6.98. The Morgan fingerprint density at radius 3 is 1.50 bits per heavy atom. The summed E-state index contributed by atoms with van der Waals surface area (Å²) in [6, 6.07) is 6.29. The van der Waals surface area contributed by atoms with Crippen molar-refractivity contribution in [2.24, 2.45) is 0 Å². The summed E-state index contributed by atoms with van der Waals surface area (Å²) in [5.41, 5.74) is -0.0623. The summed E-state index contributed by atoms with van der Waals surface area (Å²) in [5.74, 6) is -1.38. The zero-order valence-corrected chi connectivity index (χ0v) is 19.6. The Morgan fingerprint density at radius 1 is 0.694 bits per heavy atom. The summed E-state index contributed by atoms with van der Waals surface area (Å²) in [7, 11) is -5.33. The first-order valence-electron chi connectivity index (χ1n) is 9.55. The van der Waals surface area contributed by atoms with Crippen molar-refractivity contribution in [3.63, 3.8) is 0 Å². The smallest absolute Gasteiger partial charge is 0.310 e. The van der Waals surface area contributed by atoms with Gasteiger partial charge in [0.2, 0.25) is 0 Å². The van der Waals surface area contributed by atoms with Crippen molar-refractivity contribution in [1.29, 1.82) is 0 Å². The van der Waals surface area contributed by atoms with Crippen LogP contribution in [0, 0.1) is 11.6 Å². The molecule has 0 unspecified atom stereocenters. The lowest BCUT2D eigenvalue weighted by Gasteiger charge is -2.40. The quantitative estimate of drug-likeness (QED) is 0.276. The van der Waals surface area contributed by atoms with E-state index in [0.717, 1.165) is 12.1 Å². The fourth-order valence-electron chi connectivity index (χ4n) is 2.91. The van der Waals surface area contributed by atoms with Gasteiger partial charge in [-0.25, -0.2) is 13.2 Å². The zero-order valence-electron chi connectivity index (χ0n) is 18.8. The minimum atomic E-state index is -9.64. The van der Waals surface area contributed by atoms with Crippen LogP contribution in [0.5, 0.6) is 23.0 Å². The van der Waals surface area contributed by atoms with Crippen LogP contribution in [0.25, 0.3) is 11.1 Å². The zero-order chi connectivity index (χ0) is 27.4. The van der Waals surface area contributed by atoms with E-state index in [9.17, 15) is 37.1 Å². The molecular weight excluding hydrogens is 531 g/mol. The Kier molecular flexibility index (Phi) is 7.93. The third-order valence-corrected chi connectivity index (χ3v) is 5.80. The minimum absolute atomic E-state index is 0.0659. The van der Waals surface area contributed by atoms with Crippen LogP contribution in [0.1, 0.15) is 5.56 Å². The fraction of sp³-hybridized carbons (Fsp3) is 0.182. The predicted octanol–water partition coefficient (Wildman–Crippen LogP) is 8.73. The molecule has 3 aromatic carbocycles. The normalized spacial score (nSPS) is 13.0. The highest BCUT2D eigenvalue weighted by Crippen LogP contribution is 3.02. The highest BCUT2D eigenvalue weighted by Gasteiger charge is 2.65. The molecule has 3 rings (SSSR count). The number of benzene rings is 3. The molecule has 3 aromatic rings. The summed E-state index contributed by atoms with van der Waals surface area (Å²) in [5, 5.41) is 0. The van der Waals surface area contributed by atoms with Crippen molar-refractivity contribution in [3.8, 4) is 34.1 Å². The topological polar surface area (TPSA) is 36.9 Å². The molecule has 0 saturated carbocycles. The molecule has 0 aliphatic rings. The monoisotopic (exact) mass is 550 g/mol. The number of methoxy groups -OCH3 is 3. The molecule has 0 amide bonds. The number of ether oxygens (including phenoxy) is 3. The molecule has 0 radical (unpaired) electrons. The predicted molar refractivity (Wildman–Crippen MR) is 116 cm³/mol. The highest BCUT2D eigenvalue weighted by atomic mass is 32.5. The first-order chi connectivity index (χ1) is 16.6. The molecule has 0 saturated heterocycles. The van der Waals surface area contributed by atoms with Crippen LogP contribution in [0.3, 0.4) is 0 Å². The van der Waals surface area contributed by atoms with Crippen LogP contribution >= 0.6 is 10.2 Å². The van der Waals surface area contributed by atoms with Crippen molar-refractivity contribution in [3.05, 3.63) is 65.7 Å². The SMILES string of the molecule is COc1cc(OC)c(-c2cc(F)c(CF)c(F)c2)c(OC)c1.FOc1ccc(S(F)(F)(F)(F)F)cc1. The van der Waals surface area contributed by atoms with Crippen molar-refractivity contribution < 1.29 is 56.3 Å². The molecule has 0 N–H and O–H groups in total. The molecule has 0 aromatic heterocycles. The van der Waals surface area contributed by atoms with Crippen LogP contribution in [0.4, 0.5) is 37.1 Å². The standard InChI is InChI=1S/C16H15F3O3.C6H4F6OS/c1-20-10-6-14(21-2)16(15(7-10)22-3)9-4-12(18)11(8-17)13(19)5-9;7-13-5-1-3-6(4-2-5)14(8,9,10,11)12/h4-7H,8H2,1-3H3;1-4H. The summed E-state index contributed by atoms with van der Waals surface area (Å²) in [6.45, 7) is -1.21. The lowest BCUT2D eigenvalue weighted by atomic mass is 10.0. The maximum atomic E-state index is 13.8. The van der Waals surface area contributed by atoms with E-state index in [2.05, 4.69) is 4.94 Å². The lowest BCUT2D eigenvalue weighted by molar-refractivity contribution is -0.00628. The third-order valence-electron chi connectivity index (χ3n) is 4.64. The van der Waals surface area contributed by atoms with E-state index in [1.165, 1.54) is 21.3 Å². The Bertz CT molecular complexity index is 1170. The number of alkyl halides is 1. The molecule has 0 aliphatic carbocycles. The Hall–Kier alpha value is -3.42. The molecule has 0 bridgehead atoms. The fourth-order valence-corrected chi connectivity index (χ4v) is 3.56. The molecule has 0 atom stereocenters. The summed E-state index contributed by atoms with van der Waals surface area (Å²) < 4.78 is 128. The molecule has 0 aliphatic heterocycles. The van der Waals surface area contributed by atoms with Crippen LogP contribution in [-0.2, 0) is 6.67 Å². The van der Waals surface area contributed by atoms with Gasteiger partial charge in [-0.3, -0.25) is 4.94 Å². The van der Waals surface area contributed by atoms with E-state index in [1.807, 2.05) is 0 Å². The van der Waals surface area contributed by atoms with Crippen LogP contribution in [-0.4, -0.2) is 21.3 Å². The van der Waals surface area contributed by atoms with Gasteiger partial charge in [-0.1, -0.05) is 19.4 Å². The molecular formula is C22H19F9O4S. The van der Waals surface area contributed by atoms with Gasteiger partial charge in [-0.15, -0.1) is 0 Å². The summed E-state index contributed by atoms with van der Waals surface area (Å²) in [4.78, 5) is 0.971. The Balaban J connectivity index is 0.000000281. The second kappa shape index (κ2) is 9.91. The van der Waals surface area contributed by atoms with E-state index in [4.69, 9.17) is 14.2 Å². The van der Waals surface area contributed by atoms with Gasteiger partial charge < -0.3 is 14.2 Å². The van der Waals surface area contributed by atoms with Crippen molar-refractivity contribution in [1.82, 2.24) is 0 Å². The van der Waals surface area contributed by atoms with Crippen LogP contribution in [0.2, 0.25) is 0 Å². The average Bonchev–Trinajstić information content (AvgIpc) is 2.81. The van der Waals surface area contributed by atoms with E-state index in [-0.39, 0.29) is 17.7 Å². The van der Waals surface area contributed by atoms with E-state index < -0.39 is 44.7 Å². The van der Waals surface area contributed by atoms with E-state index in [1.54, 1.807) is 12.1 Å². The van der Waals surface area contributed by atoms with E-state index in [0.29, 0.717) is 34.9 Å². The summed E-state index contributed by atoms with van der Waals surface area (Å²) >= 11 is 0. The number of hydrogen-bond donors (Lipinski definition) is 0. The molecule has 36 heavy (non-hydrogen) atoms. The van der Waals surface area contributed by atoms with Gasteiger partial charge in [0.25, 0.3) is 0 Å². The molecule has 0 fully saturated rings. The lowest BCUT2D eigenvalue weighted by Crippen LogP contribution is -2.05. The number of halogens is 9. The average molecular weight is 550 g/mol. The minimum Gasteiger partial charge on any atom is -0.496 e. The van der Waals surface area contributed by atoms with Crippen LogP contribution < -0.4 is 19.2 Å². The third kappa shape index (κ3) is 6.83. The molecule has 14 heteroatoms. The molecule has 0 heterocycles. The molecule has 0 spiro atoms. The largest absolute Gasteiger partial charge is 0.496 e. The first kappa shape index (κ1) is 28.8.